The maximum atomic E-state index is 6.08. The molecule has 0 N–H and O–H groups in total. The van der Waals surface area contributed by atoms with Gasteiger partial charge in [0.25, 0.3) is 0 Å². The first-order valence-corrected chi connectivity index (χ1v) is 16.2. The van der Waals surface area contributed by atoms with Crippen molar-refractivity contribution in [1.29, 1.82) is 0 Å². The zero-order valence-corrected chi connectivity index (χ0v) is 25.6. The summed E-state index contributed by atoms with van der Waals surface area (Å²) in [5.74, 6) is 0. The first kappa shape index (κ1) is 26.1. The number of fused-ring (bicyclic) bond motifs is 8. The molecule has 10 aromatic rings. The number of hydrogen-bond acceptors (Lipinski definition) is 1. The van der Waals surface area contributed by atoms with E-state index in [2.05, 4.69) is 158 Å². The highest BCUT2D eigenvalue weighted by atomic mass is 16.3. The molecule has 0 aliphatic heterocycles. The lowest BCUT2D eigenvalue weighted by molar-refractivity contribution is 0.669. The van der Waals surface area contributed by atoms with Crippen LogP contribution in [0.25, 0.3) is 98.4 Å². The molecule has 0 fully saturated rings. The molecule has 0 atom stereocenters. The van der Waals surface area contributed by atoms with E-state index >= 15 is 0 Å². The molecule has 10 rings (SSSR count). The average Bonchev–Trinajstić information content (AvgIpc) is 3.51. The Kier molecular flexibility index (Phi) is 5.64. The van der Waals surface area contributed by atoms with E-state index in [0.717, 1.165) is 21.9 Å². The fraction of sp³-hybridized carbons (Fsp3) is 0. The molecule has 0 radical (unpaired) electrons. The highest BCUT2D eigenvalue weighted by Gasteiger charge is 2.17. The van der Waals surface area contributed by atoms with E-state index in [0.29, 0.717) is 0 Å². The second-order valence-electron chi connectivity index (χ2n) is 12.5. The number of para-hydroxylation sites is 1. The van der Waals surface area contributed by atoms with Crippen LogP contribution in [0.1, 0.15) is 0 Å². The Morgan fingerprint density at radius 2 is 0.745 bits per heavy atom. The van der Waals surface area contributed by atoms with E-state index in [4.69, 9.17) is 4.42 Å². The highest BCUT2D eigenvalue weighted by Crippen LogP contribution is 2.45. The van der Waals surface area contributed by atoms with Crippen LogP contribution in [0.4, 0.5) is 0 Å². The first-order chi connectivity index (χ1) is 23.3. The minimum absolute atomic E-state index is 0.921. The smallest absolute Gasteiger partial charge is 0.135 e. The number of furan rings is 1. The first-order valence-electron chi connectivity index (χ1n) is 16.2. The lowest BCUT2D eigenvalue weighted by Gasteiger charge is -2.18. The summed E-state index contributed by atoms with van der Waals surface area (Å²) in [6.45, 7) is 0. The van der Waals surface area contributed by atoms with Crippen molar-refractivity contribution < 1.29 is 4.42 Å². The molecule has 0 spiro atoms. The summed E-state index contributed by atoms with van der Waals surface area (Å²) >= 11 is 0. The average molecular weight is 597 g/mol. The van der Waals surface area contributed by atoms with E-state index in [-0.39, 0.29) is 0 Å². The summed E-state index contributed by atoms with van der Waals surface area (Å²) in [6.07, 6.45) is 0. The third kappa shape index (κ3) is 4.03. The van der Waals surface area contributed by atoms with Gasteiger partial charge in [0.2, 0.25) is 0 Å². The van der Waals surface area contributed by atoms with Crippen LogP contribution in [0.3, 0.4) is 0 Å². The SMILES string of the molecule is c1ccc2c(c1)ccc1cc(-c3c4ccccc4c(-c4ccc(-c5ccc6oc7ccccc7c6c5)cc4)c4ccccc34)ccc12. The number of hydrogen-bond donors (Lipinski definition) is 0. The number of rotatable bonds is 3. The van der Waals surface area contributed by atoms with Crippen molar-refractivity contribution in [2.24, 2.45) is 0 Å². The van der Waals surface area contributed by atoms with Crippen LogP contribution in [0.15, 0.2) is 174 Å². The van der Waals surface area contributed by atoms with Gasteiger partial charge in [-0.1, -0.05) is 146 Å². The summed E-state index contributed by atoms with van der Waals surface area (Å²) < 4.78 is 6.08. The molecule has 0 saturated carbocycles. The molecular weight excluding hydrogens is 569 g/mol. The Labute approximate surface area is 271 Å². The molecular formula is C46H28O. The monoisotopic (exact) mass is 596 g/mol. The minimum Gasteiger partial charge on any atom is -0.456 e. The Morgan fingerprint density at radius 1 is 0.255 bits per heavy atom. The van der Waals surface area contributed by atoms with Gasteiger partial charge in [0.05, 0.1) is 0 Å². The van der Waals surface area contributed by atoms with Gasteiger partial charge in [-0.3, -0.25) is 0 Å². The topological polar surface area (TPSA) is 13.1 Å². The van der Waals surface area contributed by atoms with Crippen LogP contribution < -0.4 is 0 Å². The van der Waals surface area contributed by atoms with Crippen LogP contribution in [0, 0.1) is 0 Å². The second kappa shape index (κ2) is 10.2. The van der Waals surface area contributed by atoms with Gasteiger partial charge in [-0.15, -0.1) is 0 Å². The summed E-state index contributed by atoms with van der Waals surface area (Å²) in [5, 5.41) is 12.5. The van der Waals surface area contributed by atoms with Gasteiger partial charge in [-0.25, -0.2) is 0 Å². The molecule has 0 saturated heterocycles. The van der Waals surface area contributed by atoms with Crippen LogP contribution in [0.2, 0.25) is 0 Å². The zero-order chi connectivity index (χ0) is 30.9. The van der Waals surface area contributed by atoms with Crippen LogP contribution in [0.5, 0.6) is 0 Å². The standard InChI is InChI=1S/C46H28O/c1-2-10-35-30(9-1)19-22-33-27-34(23-25-36(33)35)46-40-14-5-3-12-38(40)45(39-13-4-6-15-41(39)46)31-20-17-29(18-21-31)32-24-26-44-42(28-32)37-11-7-8-16-43(37)47-44/h1-28H. The Bertz CT molecular complexity index is 2780. The lowest BCUT2D eigenvalue weighted by Crippen LogP contribution is -1.91. The summed E-state index contributed by atoms with van der Waals surface area (Å²) in [7, 11) is 0. The molecule has 9 aromatic carbocycles. The minimum atomic E-state index is 0.921. The van der Waals surface area contributed by atoms with Crippen molar-refractivity contribution in [1.82, 2.24) is 0 Å². The normalized spacial score (nSPS) is 11.8. The van der Waals surface area contributed by atoms with Crippen molar-refractivity contribution in [2.45, 2.75) is 0 Å². The third-order valence-corrected chi connectivity index (χ3v) is 9.85. The fourth-order valence-electron chi connectivity index (χ4n) is 7.65. The van der Waals surface area contributed by atoms with E-state index in [1.165, 1.54) is 76.5 Å². The maximum Gasteiger partial charge on any atom is 0.135 e. The molecule has 1 heterocycles. The van der Waals surface area contributed by atoms with E-state index in [1.807, 2.05) is 12.1 Å². The summed E-state index contributed by atoms with van der Waals surface area (Å²) in [5.41, 5.74) is 9.23. The molecule has 0 unspecified atom stereocenters. The molecule has 1 aromatic heterocycles. The predicted octanol–water partition coefficient (Wildman–Crippen LogP) is 13.2. The Morgan fingerprint density at radius 3 is 1.47 bits per heavy atom. The largest absolute Gasteiger partial charge is 0.456 e. The Balaban J connectivity index is 1.14. The summed E-state index contributed by atoms with van der Waals surface area (Å²) in [4.78, 5) is 0. The predicted molar refractivity (Wildman–Crippen MR) is 200 cm³/mol. The second-order valence-corrected chi connectivity index (χ2v) is 12.5. The van der Waals surface area contributed by atoms with Gasteiger partial charge in [-0.05, 0) is 101 Å². The van der Waals surface area contributed by atoms with Crippen molar-refractivity contribution in [3.05, 3.63) is 170 Å². The van der Waals surface area contributed by atoms with Gasteiger partial charge < -0.3 is 4.42 Å². The summed E-state index contributed by atoms with van der Waals surface area (Å²) in [6, 6.07) is 61.7. The van der Waals surface area contributed by atoms with Crippen molar-refractivity contribution in [3.63, 3.8) is 0 Å². The molecule has 0 aliphatic carbocycles. The zero-order valence-electron chi connectivity index (χ0n) is 25.6. The fourth-order valence-corrected chi connectivity index (χ4v) is 7.65. The molecule has 47 heavy (non-hydrogen) atoms. The van der Waals surface area contributed by atoms with Gasteiger partial charge in [0.1, 0.15) is 11.2 Å². The van der Waals surface area contributed by atoms with E-state index < -0.39 is 0 Å². The van der Waals surface area contributed by atoms with Gasteiger partial charge >= 0.3 is 0 Å². The van der Waals surface area contributed by atoms with E-state index in [1.54, 1.807) is 0 Å². The van der Waals surface area contributed by atoms with E-state index in [9.17, 15) is 0 Å². The Hall–Kier alpha value is -6.18. The van der Waals surface area contributed by atoms with Crippen molar-refractivity contribution >= 4 is 65.0 Å². The van der Waals surface area contributed by atoms with Crippen LogP contribution >= 0.6 is 0 Å². The molecule has 218 valence electrons. The molecule has 1 nitrogen and oxygen atoms in total. The molecule has 0 amide bonds. The third-order valence-electron chi connectivity index (χ3n) is 9.85. The lowest BCUT2D eigenvalue weighted by atomic mass is 9.85. The quantitative estimate of drug-likeness (QED) is 0.146. The van der Waals surface area contributed by atoms with Gasteiger partial charge in [-0.2, -0.15) is 0 Å². The van der Waals surface area contributed by atoms with Gasteiger partial charge in [0, 0.05) is 10.8 Å². The number of benzene rings is 9. The maximum absolute atomic E-state index is 6.08. The molecule has 1 heteroatoms. The molecule has 0 bridgehead atoms. The van der Waals surface area contributed by atoms with Gasteiger partial charge in [0.15, 0.2) is 0 Å². The van der Waals surface area contributed by atoms with Crippen LogP contribution in [-0.2, 0) is 0 Å². The van der Waals surface area contributed by atoms with Crippen LogP contribution in [-0.4, -0.2) is 0 Å². The van der Waals surface area contributed by atoms with Crippen molar-refractivity contribution in [2.75, 3.05) is 0 Å². The highest BCUT2D eigenvalue weighted by molar-refractivity contribution is 6.22. The van der Waals surface area contributed by atoms with Crippen molar-refractivity contribution in [3.8, 4) is 33.4 Å². The molecule has 0 aliphatic rings.